The number of carbonyl (C=O) groups excluding carboxylic acids is 2. The molecule has 0 aliphatic heterocycles. The highest BCUT2D eigenvalue weighted by atomic mass is 16.1. The Labute approximate surface area is 218 Å². The van der Waals surface area contributed by atoms with Gasteiger partial charge in [-0.2, -0.15) is 5.26 Å². The zero-order valence-corrected chi connectivity index (χ0v) is 21.4. The molecule has 1 amide bonds. The highest BCUT2D eigenvalue weighted by Gasteiger charge is 2.14. The number of unbranched alkanes of at least 4 members (excludes halogenated alkanes) is 1. The van der Waals surface area contributed by atoms with Crippen molar-refractivity contribution in [2.45, 2.75) is 52.5 Å². The largest absolute Gasteiger partial charge is 0.326 e. The summed E-state index contributed by atoms with van der Waals surface area (Å²) >= 11 is 0. The molecule has 6 heteroatoms. The number of imidazole rings is 1. The lowest BCUT2D eigenvalue weighted by atomic mass is 9.99. The van der Waals surface area contributed by atoms with Crippen LogP contribution in [-0.4, -0.2) is 21.7 Å². The Kier molecular flexibility index (Phi) is 8.48. The molecule has 0 fully saturated rings. The maximum Gasteiger partial charge on any atom is 0.224 e. The minimum absolute atomic E-state index is 0.00972. The number of fused-ring (bicyclic) bond motifs is 1. The molecule has 3 aromatic carbocycles. The first-order valence-electron chi connectivity index (χ1n) is 12.8. The van der Waals surface area contributed by atoms with Gasteiger partial charge in [-0.3, -0.25) is 4.79 Å². The zero-order chi connectivity index (χ0) is 26.2. The zero-order valence-electron chi connectivity index (χ0n) is 21.4. The fourth-order valence-corrected chi connectivity index (χ4v) is 4.53. The molecule has 0 spiro atoms. The number of rotatable bonds is 11. The predicted octanol–water partition coefficient (Wildman–Crippen LogP) is 6.52. The molecular formula is C31H32N4O2. The maximum atomic E-state index is 12.5. The summed E-state index contributed by atoms with van der Waals surface area (Å²) in [6.45, 7) is 4.73. The van der Waals surface area contributed by atoms with Gasteiger partial charge in [0.1, 0.15) is 12.1 Å². The van der Waals surface area contributed by atoms with Crippen LogP contribution in [0.15, 0.2) is 66.7 Å². The normalized spacial score (nSPS) is 11.7. The van der Waals surface area contributed by atoms with E-state index >= 15 is 0 Å². The third-order valence-corrected chi connectivity index (χ3v) is 6.55. The van der Waals surface area contributed by atoms with E-state index in [-0.39, 0.29) is 11.8 Å². The van der Waals surface area contributed by atoms with Gasteiger partial charge in [-0.15, -0.1) is 0 Å². The van der Waals surface area contributed by atoms with Gasteiger partial charge in [0.25, 0.3) is 0 Å². The van der Waals surface area contributed by atoms with Crippen LogP contribution in [0, 0.1) is 17.2 Å². The van der Waals surface area contributed by atoms with Gasteiger partial charge in [-0.05, 0) is 53.3 Å². The van der Waals surface area contributed by atoms with Crippen LogP contribution in [0.1, 0.15) is 56.5 Å². The van der Waals surface area contributed by atoms with Gasteiger partial charge in [-0.1, -0.05) is 62.7 Å². The molecule has 37 heavy (non-hydrogen) atoms. The lowest BCUT2D eigenvalue weighted by Crippen LogP contribution is -2.15. The summed E-state index contributed by atoms with van der Waals surface area (Å²) in [5.74, 6) is 0.938. The molecule has 1 unspecified atom stereocenters. The van der Waals surface area contributed by atoms with Crippen molar-refractivity contribution in [2.75, 3.05) is 5.32 Å². The Bertz CT molecular complexity index is 1430. The second kappa shape index (κ2) is 12.1. The molecule has 0 aliphatic carbocycles. The van der Waals surface area contributed by atoms with Gasteiger partial charge in [0.05, 0.1) is 22.7 Å². The maximum absolute atomic E-state index is 12.5. The monoisotopic (exact) mass is 492 g/mol. The molecule has 0 aliphatic rings. The second-order valence-corrected chi connectivity index (χ2v) is 9.54. The molecule has 0 saturated heterocycles. The molecule has 0 saturated carbocycles. The van der Waals surface area contributed by atoms with Crippen molar-refractivity contribution in [3.63, 3.8) is 0 Å². The van der Waals surface area contributed by atoms with Crippen LogP contribution in [0.4, 0.5) is 5.69 Å². The molecular weight excluding hydrogens is 460 g/mol. The number of amides is 1. The number of nitrogens with zero attached hydrogens (tertiary/aromatic N) is 3. The summed E-state index contributed by atoms with van der Waals surface area (Å²) in [5.41, 5.74) is 6.33. The average Bonchev–Trinajstić information content (AvgIpc) is 3.24. The number of aromatic nitrogens is 2. The van der Waals surface area contributed by atoms with Gasteiger partial charge in [-0.25, -0.2) is 4.98 Å². The Balaban J connectivity index is 1.61. The van der Waals surface area contributed by atoms with Crippen LogP contribution in [0.25, 0.3) is 22.2 Å². The molecule has 188 valence electrons. The molecule has 1 heterocycles. The van der Waals surface area contributed by atoms with Gasteiger partial charge in [0.2, 0.25) is 5.91 Å². The average molecular weight is 493 g/mol. The lowest BCUT2D eigenvalue weighted by molar-refractivity contribution is -0.117. The third-order valence-electron chi connectivity index (χ3n) is 6.55. The Morgan fingerprint density at radius 2 is 1.92 bits per heavy atom. The van der Waals surface area contributed by atoms with Crippen molar-refractivity contribution in [2.24, 2.45) is 5.92 Å². The number of aryl methyl sites for hydroxylation is 1. The summed E-state index contributed by atoms with van der Waals surface area (Å²) in [6, 6.07) is 24.0. The summed E-state index contributed by atoms with van der Waals surface area (Å²) in [5, 5.41) is 12.4. The van der Waals surface area contributed by atoms with Crippen LogP contribution in [0.3, 0.4) is 0 Å². The van der Waals surface area contributed by atoms with E-state index in [0.717, 1.165) is 64.8 Å². The Morgan fingerprint density at radius 1 is 1.14 bits per heavy atom. The van der Waals surface area contributed by atoms with Crippen LogP contribution in [-0.2, 0) is 22.6 Å². The fraction of sp³-hybridized carbons (Fsp3) is 0.290. The highest BCUT2D eigenvalue weighted by molar-refractivity contribution is 5.93. The van der Waals surface area contributed by atoms with E-state index in [1.54, 1.807) is 0 Å². The molecule has 0 bridgehead atoms. The predicted molar refractivity (Wildman–Crippen MR) is 147 cm³/mol. The first kappa shape index (κ1) is 25.8. The number of nitriles is 1. The standard InChI is InChI=1S/C31H32N4O2/c1-3-4-9-30-34-28-15-14-26(33-31(37)18-22(2)16-17-36)19-29(28)35(30)21-23-10-12-24(13-11-23)27-8-6-5-7-25(27)20-32/h5-8,10-15,17,19,22H,3-4,9,16,18,21H2,1-2H3,(H,33,37). The number of anilines is 1. The van der Waals surface area contributed by atoms with Crippen LogP contribution in [0.5, 0.6) is 0 Å². The Hall–Kier alpha value is -4.24. The number of carbonyl (C=O) groups is 2. The molecule has 4 aromatic rings. The Morgan fingerprint density at radius 3 is 2.65 bits per heavy atom. The van der Waals surface area contributed by atoms with Gasteiger partial charge >= 0.3 is 0 Å². The lowest BCUT2D eigenvalue weighted by Gasteiger charge is -2.12. The number of benzene rings is 3. The van der Waals surface area contributed by atoms with Gasteiger partial charge in [0, 0.05) is 31.5 Å². The topological polar surface area (TPSA) is 87.8 Å². The van der Waals surface area contributed by atoms with E-state index in [9.17, 15) is 14.9 Å². The van der Waals surface area contributed by atoms with Crippen molar-refractivity contribution in [1.29, 1.82) is 5.26 Å². The van der Waals surface area contributed by atoms with Gasteiger partial charge in [0.15, 0.2) is 0 Å². The number of hydrogen-bond acceptors (Lipinski definition) is 4. The first-order chi connectivity index (χ1) is 18.0. The molecule has 4 rings (SSSR count). The smallest absolute Gasteiger partial charge is 0.224 e. The molecule has 1 aromatic heterocycles. The second-order valence-electron chi connectivity index (χ2n) is 9.54. The van der Waals surface area contributed by atoms with Crippen LogP contribution >= 0.6 is 0 Å². The van der Waals surface area contributed by atoms with Crippen molar-refractivity contribution >= 4 is 28.9 Å². The molecule has 1 atom stereocenters. The minimum atomic E-state index is -0.0980. The first-order valence-corrected chi connectivity index (χ1v) is 12.8. The van der Waals surface area contributed by atoms with Crippen LogP contribution < -0.4 is 5.32 Å². The number of nitrogens with one attached hydrogen (secondary N) is 1. The van der Waals surface area contributed by atoms with Crippen molar-refractivity contribution in [3.05, 3.63) is 83.7 Å². The van der Waals surface area contributed by atoms with E-state index < -0.39 is 0 Å². The highest BCUT2D eigenvalue weighted by Crippen LogP contribution is 2.26. The quantitative estimate of drug-likeness (QED) is 0.241. The summed E-state index contributed by atoms with van der Waals surface area (Å²) < 4.78 is 2.23. The van der Waals surface area contributed by atoms with Gasteiger partial charge < -0.3 is 14.7 Å². The summed E-state index contributed by atoms with van der Waals surface area (Å²) in [4.78, 5) is 28.1. The minimum Gasteiger partial charge on any atom is -0.326 e. The summed E-state index contributed by atoms with van der Waals surface area (Å²) in [6.07, 6.45) is 4.54. The third kappa shape index (κ3) is 6.31. The van der Waals surface area contributed by atoms with Crippen molar-refractivity contribution in [3.8, 4) is 17.2 Å². The molecule has 0 radical (unpaired) electrons. The van der Waals surface area contributed by atoms with E-state index in [0.29, 0.717) is 24.9 Å². The van der Waals surface area contributed by atoms with E-state index in [4.69, 9.17) is 4.98 Å². The summed E-state index contributed by atoms with van der Waals surface area (Å²) in [7, 11) is 0. The van der Waals surface area contributed by atoms with Crippen molar-refractivity contribution < 1.29 is 9.59 Å². The van der Waals surface area contributed by atoms with E-state index in [1.807, 2.05) is 49.4 Å². The number of aldehydes is 1. The van der Waals surface area contributed by atoms with E-state index in [1.165, 1.54) is 0 Å². The van der Waals surface area contributed by atoms with Crippen LogP contribution in [0.2, 0.25) is 0 Å². The van der Waals surface area contributed by atoms with Crippen molar-refractivity contribution in [1.82, 2.24) is 9.55 Å². The fourth-order valence-electron chi connectivity index (χ4n) is 4.53. The van der Waals surface area contributed by atoms with E-state index in [2.05, 4.69) is 47.1 Å². The molecule has 6 nitrogen and oxygen atoms in total. The number of hydrogen-bond donors (Lipinski definition) is 1. The SMILES string of the molecule is CCCCc1nc2ccc(NC(=O)CC(C)CC=O)cc2n1Cc1ccc(-c2ccccc2C#N)cc1. The molecule has 1 N–H and O–H groups in total.